The standard InChI is InChI=1S/C20H22N4O3S/c25-16-5-1-6-17(12-16)28(26,27)24-14-19(20-18(24)7-2-8-21-20)23-11-10-22-9-3-4-15(22)13-23/h1-2,5-8,12,14-15,25H,3-4,9-11,13H2/p+1. The van der Waals surface area contributed by atoms with Crippen LogP contribution in [0.15, 0.2) is 53.7 Å². The maximum absolute atomic E-state index is 13.3. The monoisotopic (exact) mass is 399 g/mol. The van der Waals surface area contributed by atoms with Gasteiger partial charge < -0.3 is 10.0 Å². The zero-order chi connectivity index (χ0) is 19.3. The number of rotatable bonds is 3. The van der Waals surface area contributed by atoms with E-state index in [-0.39, 0.29) is 10.6 Å². The molecule has 2 saturated heterocycles. The van der Waals surface area contributed by atoms with Crippen LogP contribution in [-0.4, -0.2) is 59.6 Å². The first-order chi connectivity index (χ1) is 13.5. The van der Waals surface area contributed by atoms with E-state index < -0.39 is 10.0 Å². The van der Waals surface area contributed by atoms with Crippen LogP contribution in [0.4, 0.5) is 5.69 Å². The Morgan fingerprint density at radius 3 is 2.86 bits per heavy atom. The fourth-order valence-corrected chi connectivity index (χ4v) is 5.82. The van der Waals surface area contributed by atoms with Gasteiger partial charge in [0.05, 0.1) is 22.2 Å². The van der Waals surface area contributed by atoms with Gasteiger partial charge in [-0.25, -0.2) is 12.4 Å². The summed E-state index contributed by atoms with van der Waals surface area (Å²) in [5.74, 6) is 0.174. The van der Waals surface area contributed by atoms with Gasteiger partial charge in [0.25, 0.3) is 15.8 Å². The van der Waals surface area contributed by atoms with Gasteiger partial charge in [0.15, 0.2) is 0 Å². The van der Waals surface area contributed by atoms with Crippen LogP contribution in [0.2, 0.25) is 0 Å². The first-order valence-corrected chi connectivity index (χ1v) is 11.0. The topological polar surface area (TPSA) is 81.3 Å². The van der Waals surface area contributed by atoms with Gasteiger partial charge in [-0.15, -0.1) is 0 Å². The Morgan fingerprint density at radius 2 is 2.00 bits per heavy atom. The van der Waals surface area contributed by atoms with Crippen molar-refractivity contribution in [3.05, 3.63) is 48.8 Å². The van der Waals surface area contributed by atoms with Crippen molar-refractivity contribution in [2.75, 3.05) is 31.1 Å². The summed E-state index contributed by atoms with van der Waals surface area (Å²) >= 11 is 0. The summed E-state index contributed by atoms with van der Waals surface area (Å²) in [4.78, 5) is 9.43. The third kappa shape index (κ3) is 2.75. The lowest BCUT2D eigenvalue weighted by atomic mass is 10.1. The molecule has 28 heavy (non-hydrogen) atoms. The maximum atomic E-state index is 13.3. The fraction of sp³-hybridized carbons (Fsp3) is 0.350. The van der Waals surface area contributed by atoms with Gasteiger partial charge in [-0.05, 0) is 37.6 Å². The second-order valence-electron chi connectivity index (χ2n) is 7.49. The molecule has 5 rings (SSSR count). The minimum atomic E-state index is -3.80. The number of pyridine rings is 1. The number of aromatic nitrogens is 2. The van der Waals surface area contributed by atoms with Crippen LogP contribution in [0.25, 0.3) is 11.0 Å². The molecule has 3 aromatic rings. The summed E-state index contributed by atoms with van der Waals surface area (Å²) in [5, 5.41) is 7.78. The highest BCUT2D eigenvalue weighted by molar-refractivity contribution is 7.90. The largest absolute Gasteiger partial charge is 0.593 e. The van der Waals surface area contributed by atoms with Crippen molar-refractivity contribution < 1.29 is 13.5 Å². The lowest BCUT2D eigenvalue weighted by molar-refractivity contribution is 0.231. The molecule has 2 aliphatic rings. The zero-order valence-electron chi connectivity index (χ0n) is 15.5. The molecule has 2 fully saturated rings. The van der Waals surface area contributed by atoms with E-state index in [4.69, 9.17) is 5.11 Å². The molecule has 0 amide bonds. The first kappa shape index (κ1) is 17.5. The highest BCUT2D eigenvalue weighted by Crippen LogP contribution is 2.33. The fourth-order valence-electron chi connectivity index (χ4n) is 4.42. The zero-order valence-corrected chi connectivity index (χ0v) is 16.3. The molecule has 7 nitrogen and oxygen atoms in total. The SMILES string of the molecule is O=S(=O)(c1cccc([OH2+])c1)n1cc(N2CCN3CCCC3C2)c2ncccc21. The number of hydrogen-bond donors (Lipinski definition) is 0. The average molecular weight is 399 g/mol. The van der Waals surface area contributed by atoms with Crippen molar-refractivity contribution in [2.45, 2.75) is 23.8 Å². The number of fused-ring (bicyclic) bond motifs is 2. The van der Waals surface area contributed by atoms with Crippen molar-refractivity contribution in [3.63, 3.8) is 0 Å². The third-order valence-corrected chi connectivity index (χ3v) is 7.49. The van der Waals surface area contributed by atoms with Gasteiger partial charge in [0.2, 0.25) is 0 Å². The predicted octanol–water partition coefficient (Wildman–Crippen LogP) is 2.00. The Kier molecular flexibility index (Phi) is 4.06. The van der Waals surface area contributed by atoms with E-state index >= 15 is 0 Å². The lowest BCUT2D eigenvalue weighted by Crippen LogP contribution is -2.50. The third-order valence-electron chi connectivity index (χ3n) is 5.82. The smallest absolute Gasteiger partial charge is 0.268 e. The van der Waals surface area contributed by atoms with Crippen LogP contribution in [-0.2, 0) is 10.0 Å². The number of piperazine rings is 1. The predicted molar refractivity (Wildman–Crippen MR) is 109 cm³/mol. The number of anilines is 1. The van der Waals surface area contributed by atoms with Crippen molar-refractivity contribution in [3.8, 4) is 5.75 Å². The Bertz CT molecular complexity index is 1140. The summed E-state index contributed by atoms with van der Waals surface area (Å²) in [7, 11) is -3.80. The van der Waals surface area contributed by atoms with Gasteiger partial charge in [-0.3, -0.25) is 9.88 Å². The number of nitrogens with zero attached hydrogens (tertiary/aromatic N) is 4. The van der Waals surface area contributed by atoms with Gasteiger partial charge in [0, 0.05) is 44.1 Å². The van der Waals surface area contributed by atoms with Crippen LogP contribution in [0.1, 0.15) is 12.8 Å². The van der Waals surface area contributed by atoms with Gasteiger partial charge in [-0.2, -0.15) is 0 Å². The molecule has 0 aliphatic carbocycles. The molecular weight excluding hydrogens is 376 g/mol. The molecule has 0 radical (unpaired) electrons. The van der Waals surface area contributed by atoms with E-state index in [1.807, 2.05) is 0 Å². The van der Waals surface area contributed by atoms with Gasteiger partial charge >= 0.3 is 0 Å². The molecule has 2 aliphatic heterocycles. The van der Waals surface area contributed by atoms with Crippen molar-refractivity contribution in [1.82, 2.24) is 13.9 Å². The summed E-state index contributed by atoms with van der Waals surface area (Å²) in [6, 6.07) is 10.2. The molecule has 1 unspecified atom stereocenters. The van der Waals surface area contributed by atoms with E-state index in [1.165, 1.54) is 28.9 Å². The van der Waals surface area contributed by atoms with E-state index in [0.29, 0.717) is 17.1 Å². The van der Waals surface area contributed by atoms with Crippen LogP contribution in [0, 0.1) is 0 Å². The van der Waals surface area contributed by atoms with Crippen LogP contribution in [0.3, 0.4) is 0 Å². The molecule has 146 valence electrons. The van der Waals surface area contributed by atoms with E-state index in [0.717, 1.165) is 31.9 Å². The quantitative estimate of drug-likeness (QED) is 0.629. The number of hydrogen-bond acceptors (Lipinski definition) is 5. The average Bonchev–Trinajstić information content (AvgIpc) is 3.32. The van der Waals surface area contributed by atoms with E-state index in [1.54, 1.807) is 36.7 Å². The molecule has 2 aromatic heterocycles. The second-order valence-corrected chi connectivity index (χ2v) is 9.31. The second kappa shape index (κ2) is 6.49. The van der Waals surface area contributed by atoms with Crippen molar-refractivity contribution in [2.24, 2.45) is 0 Å². The van der Waals surface area contributed by atoms with E-state index in [2.05, 4.69) is 14.8 Å². The Morgan fingerprint density at radius 1 is 1.11 bits per heavy atom. The molecule has 0 bridgehead atoms. The van der Waals surface area contributed by atoms with Crippen LogP contribution < -0.4 is 4.90 Å². The lowest BCUT2D eigenvalue weighted by Gasteiger charge is -2.38. The van der Waals surface area contributed by atoms with Crippen molar-refractivity contribution in [1.29, 1.82) is 0 Å². The molecule has 8 heteroatoms. The molecule has 0 saturated carbocycles. The highest BCUT2D eigenvalue weighted by atomic mass is 32.2. The molecule has 4 heterocycles. The van der Waals surface area contributed by atoms with Gasteiger partial charge in [0.1, 0.15) is 5.52 Å². The van der Waals surface area contributed by atoms with Crippen LogP contribution >= 0.6 is 0 Å². The highest BCUT2D eigenvalue weighted by Gasteiger charge is 2.33. The molecule has 1 aromatic carbocycles. The maximum Gasteiger partial charge on any atom is 0.268 e. The molecule has 0 spiro atoms. The molecular formula is C20H23N4O3S+. The summed E-state index contributed by atoms with van der Waals surface area (Å²) < 4.78 is 27.9. The summed E-state index contributed by atoms with van der Waals surface area (Å²) in [6.07, 6.45) is 5.83. The van der Waals surface area contributed by atoms with Crippen LogP contribution in [0.5, 0.6) is 5.75 Å². The number of benzene rings is 1. The minimum Gasteiger partial charge on any atom is -0.593 e. The minimum absolute atomic E-state index is 0.118. The Balaban J connectivity index is 1.61. The van der Waals surface area contributed by atoms with Gasteiger partial charge in [-0.1, -0.05) is 6.07 Å². The van der Waals surface area contributed by atoms with E-state index in [9.17, 15) is 8.42 Å². The van der Waals surface area contributed by atoms with Crippen molar-refractivity contribution >= 4 is 26.7 Å². The Hall–Kier alpha value is -2.58. The normalized spacial score (nSPS) is 20.6. The summed E-state index contributed by atoms with van der Waals surface area (Å²) in [5.41, 5.74) is 2.15. The molecule has 2 N–H and O–H groups in total. The first-order valence-electron chi connectivity index (χ1n) is 9.56. The summed E-state index contributed by atoms with van der Waals surface area (Å²) in [6.45, 7) is 3.93. The Labute approximate surface area is 163 Å². The molecule has 1 atom stereocenters.